The number of rotatable bonds is 3. The molecule has 0 radical (unpaired) electrons. The number of hydrogen-bond donors (Lipinski definition) is 2. The highest BCUT2D eigenvalue weighted by atomic mass is 16.5. The molecule has 3 fully saturated rings. The number of nitrogens with zero attached hydrogens (tertiary/aromatic N) is 3. The van der Waals surface area contributed by atoms with Gasteiger partial charge in [-0.3, -0.25) is 14.6 Å². The van der Waals surface area contributed by atoms with E-state index in [-0.39, 0.29) is 29.0 Å². The number of hydrogen-bond acceptors (Lipinski definition) is 6. The van der Waals surface area contributed by atoms with E-state index < -0.39 is 0 Å². The molecule has 0 unspecified atom stereocenters. The predicted octanol–water partition coefficient (Wildman–Crippen LogP) is 1.51. The van der Waals surface area contributed by atoms with Gasteiger partial charge in [0.1, 0.15) is 0 Å². The van der Waals surface area contributed by atoms with Crippen LogP contribution in [0.3, 0.4) is 0 Å². The molecule has 0 aromatic heterocycles. The van der Waals surface area contributed by atoms with Gasteiger partial charge in [-0.2, -0.15) is 0 Å². The maximum atomic E-state index is 13.1. The molecule has 2 aromatic rings. The number of benzene rings is 2. The highest BCUT2D eigenvalue weighted by molar-refractivity contribution is 5.94. The smallest absolute Gasteiger partial charge is 0.253 e. The third-order valence-electron chi connectivity index (χ3n) is 6.54. The minimum Gasteiger partial charge on any atom is -0.504 e. The van der Waals surface area contributed by atoms with Crippen molar-refractivity contribution >= 4 is 5.91 Å². The topological polar surface area (TPSA) is 76.5 Å². The second-order valence-electron chi connectivity index (χ2n) is 8.67. The molecule has 30 heavy (non-hydrogen) atoms. The van der Waals surface area contributed by atoms with E-state index in [0.717, 1.165) is 37.4 Å². The Morgan fingerprint density at radius 3 is 2.63 bits per heavy atom. The molecular weight excluding hydrogens is 382 g/mol. The summed E-state index contributed by atoms with van der Waals surface area (Å²) in [5.74, 6) is -0.104. The fourth-order valence-corrected chi connectivity index (χ4v) is 5.22. The van der Waals surface area contributed by atoms with Crippen molar-refractivity contribution < 1.29 is 19.7 Å². The van der Waals surface area contributed by atoms with E-state index in [1.54, 1.807) is 6.07 Å². The van der Waals surface area contributed by atoms with Gasteiger partial charge in [-0.05, 0) is 29.8 Å². The predicted molar refractivity (Wildman–Crippen MR) is 111 cm³/mol. The minimum absolute atomic E-state index is 0.0594. The number of phenols is 2. The van der Waals surface area contributed by atoms with Crippen molar-refractivity contribution in [1.29, 1.82) is 0 Å². The molecule has 2 N–H and O–H groups in total. The van der Waals surface area contributed by atoms with Crippen LogP contribution in [0.2, 0.25) is 0 Å². The second-order valence-corrected chi connectivity index (χ2v) is 8.67. The van der Waals surface area contributed by atoms with Crippen LogP contribution >= 0.6 is 0 Å². The molecule has 0 aliphatic carbocycles. The fraction of sp³-hybridized carbons (Fsp3) is 0.435. The Morgan fingerprint density at radius 1 is 1.07 bits per heavy atom. The summed E-state index contributed by atoms with van der Waals surface area (Å²) in [5.41, 5.74) is 1.64. The van der Waals surface area contributed by atoms with Gasteiger partial charge in [0.05, 0.1) is 24.8 Å². The number of aromatic hydroxyl groups is 2. The molecule has 5 rings (SSSR count). The van der Waals surface area contributed by atoms with E-state index in [4.69, 9.17) is 4.74 Å². The zero-order chi connectivity index (χ0) is 20.7. The van der Waals surface area contributed by atoms with Gasteiger partial charge < -0.3 is 19.8 Å². The Hall–Kier alpha value is -2.61. The molecule has 3 aliphatic rings. The number of phenolic OH excluding ortho intramolecular Hbond substituents is 2. The van der Waals surface area contributed by atoms with E-state index in [9.17, 15) is 15.0 Å². The SMILES string of the molecule is O=C(c1ccccc1)N1C[C@@H]2COCCN2C2(CN(Cc3ccc(O)c(O)c3)C2)C1. The first-order valence-electron chi connectivity index (χ1n) is 10.5. The summed E-state index contributed by atoms with van der Waals surface area (Å²) in [6.45, 7) is 6.13. The summed E-state index contributed by atoms with van der Waals surface area (Å²) in [5, 5.41) is 19.3. The number of fused-ring (bicyclic) bond motifs is 2. The lowest BCUT2D eigenvalue weighted by Crippen LogP contribution is -2.80. The zero-order valence-electron chi connectivity index (χ0n) is 16.9. The Bertz CT molecular complexity index is 929. The van der Waals surface area contributed by atoms with Crippen molar-refractivity contribution in [1.82, 2.24) is 14.7 Å². The molecule has 7 nitrogen and oxygen atoms in total. The minimum atomic E-state index is -0.0997. The summed E-state index contributed by atoms with van der Waals surface area (Å²) in [6.07, 6.45) is 0. The van der Waals surface area contributed by atoms with Crippen molar-refractivity contribution in [3.05, 3.63) is 59.7 Å². The zero-order valence-corrected chi connectivity index (χ0v) is 16.9. The van der Waals surface area contributed by atoms with E-state index in [0.29, 0.717) is 26.2 Å². The molecule has 158 valence electrons. The number of ether oxygens (including phenoxy) is 1. The van der Waals surface area contributed by atoms with Crippen LogP contribution in [0, 0.1) is 0 Å². The third-order valence-corrected chi connectivity index (χ3v) is 6.54. The summed E-state index contributed by atoms with van der Waals surface area (Å²) >= 11 is 0. The summed E-state index contributed by atoms with van der Waals surface area (Å²) in [6, 6.07) is 14.7. The number of morpholine rings is 1. The van der Waals surface area contributed by atoms with Gasteiger partial charge in [0.25, 0.3) is 5.91 Å². The molecule has 3 aliphatic heterocycles. The number of amides is 1. The molecule has 0 bridgehead atoms. The van der Waals surface area contributed by atoms with E-state index in [2.05, 4.69) is 9.80 Å². The molecular formula is C23H27N3O4. The molecule has 3 heterocycles. The van der Waals surface area contributed by atoms with Gasteiger partial charge in [-0.1, -0.05) is 24.3 Å². The Labute approximate surface area is 176 Å². The molecule has 1 spiro atoms. The number of carbonyl (C=O) groups excluding carboxylic acids is 1. The molecule has 3 saturated heterocycles. The summed E-state index contributed by atoms with van der Waals surface area (Å²) in [4.78, 5) is 20.0. The number of carbonyl (C=O) groups is 1. The quantitative estimate of drug-likeness (QED) is 0.749. The first kappa shape index (κ1) is 19.4. The summed E-state index contributed by atoms with van der Waals surface area (Å²) in [7, 11) is 0. The largest absolute Gasteiger partial charge is 0.504 e. The summed E-state index contributed by atoms with van der Waals surface area (Å²) < 4.78 is 5.74. The first-order chi connectivity index (χ1) is 14.5. The van der Waals surface area contributed by atoms with Crippen LogP contribution in [0.25, 0.3) is 0 Å². The Balaban J connectivity index is 1.32. The van der Waals surface area contributed by atoms with Crippen molar-refractivity contribution in [2.75, 3.05) is 45.9 Å². The highest BCUT2D eigenvalue weighted by Gasteiger charge is 2.54. The van der Waals surface area contributed by atoms with Crippen LogP contribution in [-0.4, -0.2) is 88.3 Å². The van der Waals surface area contributed by atoms with Gasteiger partial charge in [0, 0.05) is 44.8 Å². The maximum Gasteiger partial charge on any atom is 0.253 e. The lowest BCUT2D eigenvalue weighted by Gasteiger charge is -2.63. The molecule has 0 saturated carbocycles. The Morgan fingerprint density at radius 2 is 1.87 bits per heavy atom. The molecule has 2 aromatic carbocycles. The van der Waals surface area contributed by atoms with Gasteiger partial charge in [0.2, 0.25) is 0 Å². The van der Waals surface area contributed by atoms with Crippen LogP contribution < -0.4 is 0 Å². The lowest BCUT2D eigenvalue weighted by atomic mass is 9.82. The first-order valence-corrected chi connectivity index (χ1v) is 10.5. The van der Waals surface area contributed by atoms with Crippen molar-refractivity contribution in [3.63, 3.8) is 0 Å². The maximum absolute atomic E-state index is 13.1. The van der Waals surface area contributed by atoms with Crippen LogP contribution in [0.1, 0.15) is 15.9 Å². The average molecular weight is 409 g/mol. The van der Waals surface area contributed by atoms with E-state index >= 15 is 0 Å². The third kappa shape index (κ3) is 3.43. The van der Waals surface area contributed by atoms with Crippen LogP contribution in [-0.2, 0) is 11.3 Å². The fourth-order valence-electron chi connectivity index (χ4n) is 5.22. The molecule has 1 amide bonds. The normalized spacial score (nSPS) is 23.7. The second kappa shape index (κ2) is 7.58. The van der Waals surface area contributed by atoms with Crippen molar-refractivity contribution in [2.45, 2.75) is 18.1 Å². The van der Waals surface area contributed by atoms with E-state index in [1.165, 1.54) is 6.07 Å². The number of likely N-dealkylation sites (tertiary alicyclic amines) is 1. The van der Waals surface area contributed by atoms with Crippen LogP contribution in [0.4, 0.5) is 0 Å². The van der Waals surface area contributed by atoms with E-state index in [1.807, 2.05) is 41.3 Å². The van der Waals surface area contributed by atoms with Gasteiger partial charge in [-0.15, -0.1) is 0 Å². The van der Waals surface area contributed by atoms with Crippen LogP contribution in [0.5, 0.6) is 11.5 Å². The number of piperazine rings is 1. The lowest BCUT2D eigenvalue weighted by molar-refractivity contribution is -0.160. The standard InChI is InChI=1S/C23H27N3O4/c27-20-7-6-17(10-21(20)28)11-24-14-23(15-24)16-25(12-19-13-30-9-8-26(19)23)22(29)18-4-2-1-3-5-18/h1-7,10,19,27-28H,8-9,11-16H2/t19-/m1/s1. The van der Waals surface area contributed by atoms with Gasteiger partial charge >= 0.3 is 0 Å². The Kier molecular flexibility index (Phi) is 4.89. The highest BCUT2D eigenvalue weighted by Crippen LogP contribution is 2.37. The van der Waals surface area contributed by atoms with Crippen LogP contribution in [0.15, 0.2) is 48.5 Å². The molecule has 7 heteroatoms. The monoisotopic (exact) mass is 409 g/mol. The molecule has 1 atom stereocenters. The van der Waals surface area contributed by atoms with Crippen molar-refractivity contribution in [2.24, 2.45) is 0 Å². The average Bonchev–Trinajstić information content (AvgIpc) is 2.75. The van der Waals surface area contributed by atoms with Gasteiger partial charge in [0.15, 0.2) is 11.5 Å². The van der Waals surface area contributed by atoms with Crippen molar-refractivity contribution in [3.8, 4) is 11.5 Å². The van der Waals surface area contributed by atoms with Gasteiger partial charge in [-0.25, -0.2) is 0 Å².